The lowest BCUT2D eigenvalue weighted by atomic mass is 9.88. The van der Waals surface area contributed by atoms with E-state index in [1.807, 2.05) is 24.3 Å². The van der Waals surface area contributed by atoms with Gasteiger partial charge in [-0.2, -0.15) is 0 Å². The average Bonchev–Trinajstić information content (AvgIpc) is 2.54. The second kappa shape index (κ2) is 6.92. The van der Waals surface area contributed by atoms with Crippen molar-refractivity contribution in [2.75, 3.05) is 5.32 Å². The standard InChI is InChI=1S/C19H20FNO2/c20-15-5-1-3-13(11-15)7-10-19(23)21-18-6-2-4-14-8-9-16(22)12-17(14)18/h1-6,11,16,22H,7-10,12H2,(H,21,23). The van der Waals surface area contributed by atoms with Crippen LogP contribution in [0.2, 0.25) is 0 Å². The Morgan fingerprint density at radius 3 is 2.91 bits per heavy atom. The number of aliphatic hydroxyl groups is 1. The van der Waals surface area contributed by atoms with Crippen LogP contribution in [0.1, 0.15) is 29.5 Å². The fourth-order valence-electron chi connectivity index (χ4n) is 3.05. The van der Waals surface area contributed by atoms with Crippen LogP contribution < -0.4 is 5.32 Å². The van der Waals surface area contributed by atoms with E-state index in [1.54, 1.807) is 6.07 Å². The molecule has 1 aliphatic rings. The van der Waals surface area contributed by atoms with Gasteiger partial charge in [-0.25, -0.2) is 4.39 Å². The lowest BCUT2D eigenvalue weighted by molar-refractivity contribution is -0.116. The Bertz CT molecular complexity index is 714. The van der Waals surface area contributed by atoms with Crippen molar-refractivity contribution in [2.45, 2.75) is 38.2 Å². The molecule has 120 valence electrons. The molecule has 0 spiro atoms. The zero-order valence-corrected chi connectivity index (χ0v) is 12.9. The molecule has 2 aromatic rings. The number of halogens is 1. The first-order chi connectivity index (χ1) is 11.1. The van der Waals surface area contributed by atoms with Gasteiger partial charge < -0.3 is 10.4 Å². The molecular formula is C19H20FNO2. The minimum absolute atomic E-state index is 0.0947. The maximum atomic E-state index is 13.1. The number of carbonyl (C=O) groups is 1. The van der Waals surface area contributed by atoms with Crippen molar-refractivity contribution in [1.29, 1.82) is 0 Å². The number of aliphatic hydroxyl groups excluding tert-OH is 1. The van der Waals surface area contributed by atoms with E-state index in [9.17, 15) is 14.3 Å². The molecule has 23 heavy (non-hydrogen) atoms. The molecule has 0 radical (unpaired) electrons. The summed E-state index contributed by atoms with van der Waals surface area (Å²) < 4.78 is 13.1. The Hall–Kier alpha value is -2.20. The molecule has 0 aliphatic heterocycles. The summed E-state index contributed by atoms with van der Waals surface area (Å²) in [6, 6.07) is 12.2. The molecule has 0 saturated carbocycles. The minimum Gasteiger partial charge on any atom is -0.393 e. The number of rotatable bonds is 4. The van der Waals surface area contributed by atoms with Crippen LogP contribution in [0.5, 0.6) is 0 Å². The summed E-state index contributed by atoms with van der Waals surface area (Å²) in [4.78, 5) is 12.2. The van der Waals surface area contributed by atoms with Crippen molar-refractivity contribution in [3.8, 4) is 0 Å². The fourth-order valence-corrected chi connectivity index (χ4v) is 3.05. The van der Waals surface area contributed by atoms with Crippen LogP contribution in [0.25, 0.3) is 0 Å². The van der Waals surface area contributed by atoms with Crippen molar-refractivity contribution in [3.63, 3.8) is 0 Å². The van der Waals surface area contributed by atoms with Gasteiger partial charge in [-0.05, 0) is 54.2 Å². The fraction of sp³-hybridized carbons (Fsp3) is 0.316. The minimum atomic E-state index is -0.340. The quantitative estimate of drug-likeness (QED) is 0.910. The highest BCUT2D eigenvalue weighted by Crippen LogP contribution is 2.28. The highest BCUT2D eigenvalue weighted by molar-refractivity contribution is 5.91. The molecule has 0 heterocycles. The zero-order chi connectivity index (χ0) is 16.2. The molecule has 1 aliphatic carbocycles. The molecule has 0 saturated heterocycles. The van der Waals surface area contributed by atoms with E-state index < -0.39 is 0 Å². The summed E-state index contributed by atoms with van der Waals surface area (Å²) in [5.41, 5.74) is 3.82. The first-order valence-corrected chi connectivity index (χ1v) is 7.95. The maximum Gasteiger partial charge on any atom is 0.224 e. The second-order valence-corrected chi connectivity index (χ2v) is 6.02. The van der Waals surface area contributed by atoms with Gasteiger partial charge in [0.2, 0.25) is 5.91 Å². The number of anilines is 1. The zero-order valence-electron chi connectivity index (χ0n) is 12.9. The molecule has 4 heteroatoms. The summed E-state index contributed by atoms with van der Waals surface area (Å²) in [6.45, 7) is 0. The largest absolute Gasteiger partial charge is 0.393 e. The molecule has 0 bridgehead atoms. The van der Waals surface area contributed by atoms with E-state index >= 15 is 0 Å². The molecule has 3 nitrogen and oxygen atoms in total. The predicted octanol–water partition coefficient (Wildman–Crippen LogP) is 3.25. The summed E-state index contributed by atoms with van der Waals surface area (Å²) in [5, 5.41) is 12.8. The maximum absolute atomic E-state index is 13.1. The number of benzene rings is 2. The van der Waals surface area contributed by atoms with Gasteiger partial charge in [0.15, 0.2) is 0 Å². The van der Waals surface area contributed by atoms with Gasteiger partial charge in [-0.15, -0.1) is 0 Å². The van der Waals surface area contributed by atoms with Crippen LogP contribution in [-0.2, 0) is 24.1 Å². The predicted molar refractivity (Wildman–Crippen MR) is 87.8 cm³/mol. The van der Waals surface area contributed by atoms with E-state index in [-0.39, 0.29) is 17.8 Å². The van der Waals surface area contributed by atoms with E-state index in [2.05, 4.69) is 5.32 Å². The molecule has 0 fully saturated rings. The van der Waals surface area contributed by atoms with Crippen LogP contribution in [0, 0.1) is 5.82 Å². The number of amides is 1. The SMILES string of the molecule is O=C(CCc1cccc(F)c1)Nc1cccc2c1CC(O)CC2. The molecule has 2 N–H and O–H groups in total. The molecule has 2 aromatic carbocycles. The van der Waals surface area contributed by atoms with E-state index in [0.29, 0.717) is 19.3 Å². The smallest absolute Gasteiger partial charge is 0.224 e. The Morgan fingerprint density at radius 1 is 1.26 bits per heavy atom. The highest BCUT2D eigenvalue weighted by Gasteiger charge is 2.19. The van der Waals surface area contributed by atoms with Crippen molar-refractivity contribution >= 4 is 11.6 Å². The summed E-state index contributed by atoms with van der Waals surface area (Å²) in [7, 11) is 0. The Kier molecular flexibility index (Phi) is 4.72. The Balaban J connectivity index is 1.64. The Labute approximate surface area is 135 Å². The van der Waals surface area contributed by atoms with Crippen molar-refractivity contribution in [1.82, 2.24) is 0 Å². The number of hydrogen-bond acceptors (Lipinski definition) is 2. The molecule has 0 aromatic heterocycles. The number of hydrogen-bond donors (Lipinski definition) is 2. The number of aryl methyl sites for hydroxylation is 2. The van der Waals surface area contributed by atoms with Crippen LogP contribution in [-0.4, -0.2) is 17.1 Å². The monoisotopic (exact) mass is 313 g/mol. The molecular weight excluding hydrogens is 293 g/mol. The van der Waals surface area contributed by atoms with Crippen molar-refractivity contribution in [2.24, 2.45) is 0 Å². The number of carbonyl (C=O) groups excluding carboxylic acids is 1. The van der Waals surface area contributed by atoms with Gasteiger partial charge in [-0.1, -0.05) is 24.3 Å². The summed E-state index contributed by atoms with van der Waals surface area (Å²) >= 11 is 0. The van der Waals surface area contributed by atoms with Gasteiger partial charge in [0.1, 0.15) is 5.82 Å². The third kappa shape index (κ3) is 3.96. The van der Waals surface area contributed by atoms with E-state index in [1.165, 1.54) is 17.7 Å². The molecule has 1 atom stereocenters. The van der Waals surface area contributed by atoms with Crippen LogP contribution in [0.3, 0.4) is 0 Å². The summed E-state index contributed by atoms with van der Waals surface area (Å²) in [5.74, 6) is -0.378. The first-order valence-electron chi connectivity index (χ1n) is 7.95. The van der Waals surface area contributed by atoms with E-state index in [4.69, 9.17) is 0 Å². The highest BCUT2D eigenvalue weighted by atomic mass is 19.1. The van der Waals surface area contributed by atoms with Crippen molar-refractivity contribution in [3.05, 3.63) is 65.0 Å². The lowest BCUT2D eigenvalue weighted by Crippen LogP contribution is -2.21. The third-order valence-electron chi connectivity index (χ3n) is 4.26. The summed E-state index contributed by atoms with van der Waals surface area (Å²) in [6.07, 6.45) is 2.65. The molecule has 1 amide bonds. The molecule has 1 unspecified atom stereocenters. The van der Waals surface area contributed by atoms with Gasteiger partial charge in [0.25, 0.3) is 0 Å². The lowest BCUT2D eigenvalue weighted by Gasteiger charge is -2.23. The third-order valence-corrected chi connectivity index (χ3v) is 4.26. The second-order valence-electron chi connectivity index (χ2n) is 6.02. The van der Waals surface area contributed by atoms with Crippen LogP contribution in [0.4, 0.5) is 10.1 Å². The first kappa shape index (κ1) is 15.7. The van der Waals surface area contributed by atoms with Gasteiger partial charge in [0.05, 0.1) is 6.10 Å². The number of fused-ring (bicyclic) bond motifs is 1. The van der Waals surface area contributed by atoms with Gasteiger partial charge >= 0.3 is 0 Å². The van der Waals surface area contributed by atoms with Crippen LogP contribution in [0.15, 0.2) is 42.5 Å². The van der Waals surface area contributed by atoms with Gasteiger partial charge in [0, 0.05) is 18.5 Å². The number of nitrogens with one attached hydrogen (secondary N) is 1. The average molecular weight is 313 g/mol. The normalized spacial score (nSPS) is 16.7. The molecule has 3 rings (SSSR count). The van der Waals surface area contributed by atoms with Crippen LogP contribution >= 0.6 is 0 Å². The van der Waals surface area contributed by atoms with Crippen molar-refractivity contribution < 1.29 is 14.3 Å². The van der Waals surface area contributed by atoms with E-state index in [0.717, 1.165) is 29.7 Å². The van der Waals surface area contributed by atoms with Gasteiger partial charge in [-0.3, -0.25) is 4.79 Å². The Morgan fingerprint density at radius 2 is 2.09 bits per heavy atom. The topological polar surface area (TPSA) is 49.3 Å².